The molecule has 6 nitrogen and oxygen atoms in total. The summed E-state index contributed by atoms with van der Waals surface area (Å²) in [6.07, 6.45) is 27.7. The van der Waals surface area contributed by atoms with Crippen molar-refractivity contribution in [3.63, 3.8) is 0 Å². The van der Waals surface area contributed by atoms with E-state index in [9.17, 15) is 14.8 Å². The van der Waals surface area contributed by atoms with Crippen LogP contribution >= 0.6 is 0 Å². The molecule has 1 unspecified atom stereocenters. The first-order valence-electron chi connectivity index (χ1n) is 17.6. The Morgan fingerprint density at radius 3 is 1.07 bits per heavy atom. The zero-order valence-corrected chi connectivity index (χ0v) is 28.3. The third kappa shape index (κ3) is 21.2. The molecule has 0 rings (SSSR count). The summed E-state index contributed by atoms with van der Waals surface area (Å²) in [7, 11) is 3.23. The molecule has 0 aromatic heterocycles. The van der Waals surface area contributed by atoms with Gasteiger partial charge in [-0.2, -0.15) is 4.65 Å². The van der Waals surface area contributed by atoms with Crippen molar-refractivity contribution in [1.82, 2.24) is 0 Å². The molecule has 0 fully saturated rings. The van der Waals surface area contributed by atoms with Crippen molar-refractivity contribution >= 4 is 11.9 Å². The minimum atomic E-state index is -1.47. The maximum absolute atomic E-state index is 12.8. The van der Waals surface area contributed by atoms with Gasteiger partial charge in [0.25, 0.3) is 0 Å². The van der Waals surface area contributed by atoms with E-state index in [1.165, 1.54) is 103 Å². The summed E-state index contributed by atoms with van der Waals surface area (Å²) in [4.78, 5) is 25.7. The number of carbonyl (C=O) groups is 2. The Balaban J connectivity index is 4.45. The Bertz CT molecular complexity index is 591. The van der Waals surface area contributed by atoms with Crippen molar-refractivity contribution < 1.29 is 28.9 Å². The highest BCUT2D eigenvalue weighted by molar-refractivity contribution is 5.72. The van der Waals surface area contributed by atoms with Gasteiger partial charge in [0, 0.05) is 19.3 Å². The van der Waals surface area contributed by atoms with E-state index in [2.05, 4.69) is 13.8 Å². The Labute approximate surface area is 254 Å². The Morgan fingerprint density at radius 1 is 0.561 bits per heavy atom. The molecule has 0 aliphatic heterocycles. The fourth-order valence-corrected chi connectivity index (χ4v) is 5.47. The molecule has 0 spiro atoms. The molecule has 0 saturated heterocycles. The number of hydrogen-bond acceptors (Lipinski definition) is 5. The van der Waals surface area contributed by atoms with Crippen molar-refractivity contribution in [3.8, 4) is 0 Å². The molecule has 41 heavy (non-hydrogen) atoms. The molecular formula is C35H70NO5+. The largest absolute Gasteiger partial charge is 0.416 e. The van der Waals surface area contributed by atoms with Crippen molar-refractivity contribution in [1.29, 1.82) is 0 Å². The minimum Gasteiger partial charge on any atom is -0.416 e. The molecule has 1 N–H and O–H groups in total. The van der Waals surface area contributed by atoms with Crippen LogP contribution in [0.4, 0.5) is 0 Å². The smallest absolute Gasteiger partial charge is 0.310 e. The lowest BCUT2D eigenvalue weighted by Crippen LogP contribution is -2.61. The van der Waals surface area contributed by atoms with E-state index in [1.54, 1.807) is 21.0 Å². The summed E-state index contributed by atoms with van der Waals surface area (Å²) >= 11 is 0. The van der Waals surface area contributed by atoms with Crippen molar-refractivity contribution in [2.75, 3.05) is 14.1 Å². The summed E-state index contributed by atoms with van der Waals surface area (Å²) in [5.74, 6) is -2.18. The van der Waals surface area contributed by atoms with Gasteiger partial charge in [-0.15, -0.1) is 0 Å². The van der Waals surface area contributed by atoms with Gasteiger partial charge in [0.15, 0.2) is 6.04 Å². The van der Waals surface area contributed by atoms with Crippen LogP contribution in [0.2, 0.25) is 0 Å². The Hall–Kier alpha value is -1.14. The first kappa shape index (κ1) is 39.9. The average Bonchev–Trinajstić information content (AvgIpc) is 2.93. The van der Waals surface area contributed by atoms with Crippen LogP contribution in [0.15, 0.2) is 0 Å². The highest BCUT2D eigenvalue weighted by Gasteiger charge is 2.51. The summed E-state index contributed by atoms with van der Waals surface area (Å²) in [5, 5.41) is 10.7. The van der Waals surface area contributed by atoms with E-state index >= 15 is 0 Å². The number of ether oxygens (including phenoxy) is 2. The lowest BCUT2D eigenvalue weighted by molar-refractivity contribution is -1.10. The van der Waals surface area contributed by atoms with Gasteiger partial charge in [0.1, 0.15) is 0 Å². The lowest BCUT2D eigenvalue weighted by Gasteiger charge is -2.40. The predicted molar refractivity (Wildman–Crippen MR) is 171 cm³/mol. The third-order valence-electron chi connectivity index (χ3n) is 8.62. The maximum atomic E-state index is 12.8. The van der Waals surface area contributed by atoms with Crippen LogP contribution in [0.5, 0.6) is 0 Å². The van der Waals surface area contributed by atoms with Gasteiger partial charge < -0.3 is 9.47 Å². The van der Waals surface area contributed by atoms with Crippen LogP contribution in [-0.4, -0.2) is 47.7 Å². The second-order valence-electron chi connectivity index (χ2n) is 12.8. The fraction of sp³-hybridized carbons (Fsp3) is 0.943. The van der Waals surface area contributed by atoms with E-state index in [4.69, 9.17) is 9.47 Å². The molecule has 244 valence electrons. The normalized spacial score (nSPS) is 12.9. The number of rotatable bonds is 29. The first-order chi connectivity index (χ1) is 19.6. The van der Waals surface area contributed by atoms with Gasteiger partial charge in [-0.25, -0.2) is 5.21 Å². The lowest BCUT2D eigenvalue weighted by atomic mass is 10.0. The molecule has 0 amide bonds. The van der Waals surface area contributed by atoms with Crippen LogP contribution < -0.4 is 0 Å². The first-order valence-corrected chi connectivity index (χ1v) is 17.6. The SMILES string of the molecule is CCCCCCCCCCCCCC(=O)OC(CC)(OC(=O)CCCCCCCCCCCCC)C(C)[N+](C)(C)O. The van der Waals surface area contributed by atoms with Crippen LogP contribution in [0.3, 0.4) is 0 Å². The number of nitrogens with zero attached hydrogens (tertiary/aromatic N) is 1. The second-order valence-corrected chi connectivity index (χ2v) is 12.8. The number of hydrogen-bond donors (Lipinski definition) is 1. The quantitative estimate of drug-likeness (QED) is 0.0311. The van der Waals surface area contributed by atoms with Gasteiger partial charge in [-0.05, 0) is 19.8 Å². The molecule has 0 bridgehead atoms. The fourth-order valence-electron chi connectivity index (χ4n) is 5.47. The maximum Gasteiger partial charge on any atom is 0.310 e. The van der Waals surface area contributed by atoms with E-state index in [1.807, 2.05) is 6.92 Å². The van der Waals surface area contributed by atoms with E-state index in [0.29, 0.717) is 19.3 Å². The van der Waals surface area contributed by atoms with E-state index in [-0.39, 0.29) is 11.9 Å². The Morgan fingerprint density at radius 2 is 0.829 bits per heavy atom. The van der Waals surface area contributed by atoms with Gasteiger partial charge in [0.2, 0.25) is 0 Å². The summed E-state index contributed by atoms with van der Waals surface area (Å²) < 4.78 is 11.3. The zero-order valence-electron chi connectivity index (χ0n) is 28.3. The zero-order chi connectivity index (χ0) is 30.8. The predicted octanol–water partition coefficient (Wildman–Crippen LogP) is 10.4. The second kappa shape index (κ2) is 25.4. The molecule has 0 aromatic rings. The molecule has 0 aromatic carbocycles. The van der Waals surface area contributed by atoms with Crippen LogP contribution in [-0.2, 0) is 19.1 Å². The highest BCUT2D eigenvalue weighted by atomic mass is 16.7. The molecule has 0 aliphatic rings. The Kier molecular flexibility index (Phi) is 24.7. The minimum absolute atomic E-state index is 0.296. The number of hydroxylamine groups is 3. The molecule has 1 atom stereocenters. The van der Waals surface area contributed by atoms with Crippen LogP contribution in [0.1, 0.15) is 188 Å². The summed E-state index contributed by atoms with van der Waals surface area (Å²) in [6.45, 7) is 8.11. The molecular weight excluding hydrogens is 514 g/mol. The number of unbranched alkanes of at least 4 members (excludes halogenated alkanes) is 20. The number of esters is 2. The van der Waals surface area contributed by atoms with E-state index in [0.717, 1.165) is 38.5 Å². The van der Waals surface area contributed by atoms with Crippen molar-refractivity contribution in [2.24, 2.45) is 0 Å². The molecule has 0 aliphatic carbocycles. The average molecular weight is 585 g/mol. The standard InChI is InChI=1S/C35H70NO5/c1-7-10-12-14-16-18-20-22-24-26-28-30-33(37)40-35(9-3,32(4)36(5,6)39)41-34(38)31-29-27-25-23-21-19-17-15-13-11-8-2/h32,39H,7-31H2,1-6H3/q+1. The summed E-state index contributed by atoms with van der Waals surface area (Å²) in [5.41, 5.74) is 0. The van der Waals surface area contributed by atoms with Gasteiger partial charge >= 0.3 is 17.7 Å². The van der Waals surface area contributed by atoms with Gasteiger partial charge in [-0.1, -0.05) is 149 Å². The van der Waals surface area contributed by atoms with Gasteiger partial charge in [-0.3, -0.25) is 9.59 Å². The molecule has 0 saturated carbocycles. The van der Waals surface area contributed by atoms with Crippen molar-refractivity contribution in [2.45, 2.75) is 200 Å². The molecule has 0 radical (unpaired) electrons. The topological polar surface area (TPSA) is 72.8 Å². The van der Waals surface area contributed by atoms with Crippen LogP contribution in [0, 0.1) is 0 Å². The van der Waals surface area contributed by atoms with Crippen LogP contribution in [0.25, 0.3) is 0 Å². The van der Waals surface area contributed by atoms with Gasteiger partial charge in [0.05, 0.1) is 14.1 Å². The van der Waals surface area contributed by atoms with E-state index < -0.39 is 16.5 Å². The van der Waals surface area contributed by atoms with Crippen molar-refractivity contribution in [3.05, 3.63) is 0 Å². The number of quaternary nitrogens is 1. The highest BCUT2D eigenvalue weighted by Crippen LogP contribution is 2.30. The molecule has 6 heteroatoms. The number of carbonyl (C=O) groups excluding carboxylic acids is 2. The summed E-state index contributed by atoms with van der Waals surface area (Å²) in [6, 6.07) is -0.616. The monoisotopic (exact) mass is 585 g/mol. The third-order valence-corrected chi connectivity index (χ3v) is 8.62. The molecule has 0 heterocycles. The number of likely N-dealkylation sites (N-methyl/N-ethyl adjacent to an activating group) is 1.